The molecular weight excluding hydrogens is 336 g/mol. The van der Waals surface area contributed by atoms with Crippen molar-refractivity contribution < 1.29 is 17.3 Å². The van der Waals surface area contributed by atoms with Crippen LogP contribution in [-0.4, -0.2) is 31.2 Å². The van der Waals surface area contributed by atoms with Crippen LogP contribution in [0.1, 0.15) is 5.56 Å². The molecule has 23 heavy (non-hydrogen) atoms. The van der Waals surface area contributed by atoms with E-state index in [1.807, 2.05) is 36.4 Å². The van der Waals surface area contributed by atoms with Crippen LogP contribution in [0.25, 0.3) is 10.3 Å². The molecule has 0 amide bonds. The van der Waals surface area contributed by atoms with Crippen LogP contribution in [0.4, 0.5) is 0 Å². The Morgan fingerprint density at radius 2 is 1.96 bits per heavy atom. The summed E-state index contributed by atoms with van der Waals surface area (Å²) in [4.78, 5) is 9.41. The third-order valence-electron chi connectivity index (χ3n) is 2.96. The predicted molar refractivity (Wildman–Crippen MR) is 88.4 cm³/mol. The van der Waals surface area contributed by atoms with Crippen LogP contribution >= 0.6 is 11.3 Å². The summed E-state index contributed by atoms with van der Waals surface area (Å²) < 4.78 is 32.2. The van der Waals surface area contributed by atoms with Gasteiger partial charge in [0.15, 0.2) is 0 Å². The van der Waals surface area contributed by atoms with Crippen molar-refractivity contribution in [3.8, 4) is 10.9 Å². The maximum atomic E-state index is 10.9. The minimum Gasteiger partial charge on any atom is -0.431 e. The van der Waals surface area contributed by atoms with Gasteiger partial charge >= 0.3 is 0 Å². The molecule has 1 aromatic carbocycles. The summed E-state index contributed by atoms with van der Waals surface area (Å²) in [6, 6.07) is 11.1. The highest BCUT2D eigenvalue weighted by molar-refractivity contribution is 7.85. The molecule has 0 saturated heterocycles. The van der Waals surface area contributed by atoms with E-state index in [4.69, 9.17) is 8.92 Å². The van der Waals surface area contributed by atoms with Gasteiger partial charge in [-0.3, -0.25) is 4.18 Å². The fraction of sp³-hybridized carbons (Fsp3) is 0.200. The van der Waals surface area contributed by atoms with Gasteiger partial charge in [0, 0.05) is 6.20 Å². The highest BCUT2D eigenvalue weighted by atomic mass is 32.2. The predicted octanol–water partition coefficient (Wildman–Crippen LogP) is 3.00. The van der Waals surface area contributed by atoms with E-state index in [1.54, 1.807) is 6.20 Å². The van der Waals surface area contributed by atoms with Crippen molar-refractivity contribution in [1.29, 1.82) is 0 Å². The van der Waals surface area contributed by atoms with Crippen LogP contribution < -0.4 is 4.74 Å². The van der Waals surface area contributed by atoms with E-state index in [-0.39, 0.29) is 6.61 Å². The maximum absolute atomic E-state index is 10.9. The van der Waals surface area contributed by atoms with E-state index in [0.717, 1.165) is 22.2 Å². The van der Waals surface area contributed by atoms with Gasteiger partial charge in [0.2, 0.25) is 0 Å². The first-order chi connectivity index (χ1) is 11.0. The first kappa shape index (κ1) is 15.9. The quantitative estimate of drug-likeness (QED) is 0.636. The van der Waals surface area contributed by atoms with Crippen molar-refractivity contribution in [3.05, 3.63) is 48.2 Å². The first-order valence-corrected chi connectivity index (χ1v) is 9.46. The van der Waals surface area contributed by atoms with Crippen molar-refractivity contribution in [1.82, 2.24) is 9.97 Å². The van der Waals surface area contributed by atoms with E-state index >= 15 is 0 Å². The number of fused-ring (bicyclic) bond motifs is 1. The Bertz CT molecular complexity index is 872. The molecule has 3 rings (SSSR count). The molecular formula is C15H14N2O4S2. The molecule has 0 radical (unpaired) electrons. The average Bonchev–Trinajstić information content (AvgIpc) is 2.90. The molecule has 6 nitrogen and oxygen atoms in total. The molecule has 0 aliphatic carbocycles. The minimum absolute atomic E-state index is 0.128. The zero-order valence-electron chi connectivity index (χ0n) is 12.3. The van der Waals surface area contributed by atoms with Gasteiger partial charge in [-0.2, -0.15) is 8.42 Å². The molecule has 3 aromatic rings. The zero-order valence-corrected chi connectivity index (χ0v) is 13.9. The number of thiazole rings is 1. The number of nitrogens with zero attached hydrogens (tertiary/aromatic N) is 2. The Morgan fingerprint density at radius 3 is 2.65 bits per heavy atom. The molecule has 2 heterocycles. The van der Waals surface area contributed by atoms with Crippen molar-refractivity contribution in [2.75, 3.05) is 12.9 Å². The summed E-state index contributed by atoms with van der Waals surface area (Å²) >= 11 is 1.38. The monoisotopic (exact) mass is 350 g/mol. The molecule has 0 saturated carbocycles. The summed E-state index contributed by atoms with van der Waals surface area (Å²) in [5.74, 6) is 0.664. The second kappa shape index (κ2) is 6.61. The number of aromatic nitrogens is 2. The molecule has 120 valence electrons. The van der Waals surface area contributed by atoms with Crippen LogP contribution in [0.5, 0.6) is 10.9 Å². The standard InChI is InChI=1S/C15H14N2O4S2/c1-23(18,19)20-10-8-11-4-6-12(7-5-11)21-15-17-13-3-2-9-16-14(13)22-15/h2-7,9H,8,10H2,1H3. The van der Waals surface area contributed by atoms with Gasteiger partial charge < -0.3 is 4.74 Å². The number of pyridine rings is 1. The summed E-state index contributed by atoms with van der Waals surface area (Å²) in [7, 11) is -3.39. The van der Waals surface area contributed by atoms with Crippen LogP contribution in [-0.2, 0) is 20.7 Å². The maximum Gasteiger partial charge on any atom is 0.281 e. The van der Waals surface area contributed by atoms with E-state index in [0.29, 0.717) is 17.4 Å². The second-order valence-electron chi connectivity index (χ2n) is 4.83. The van der Waals surface area contributed by atoms with Gasteiger partial charge in [0.1, 0.15) is 16.1 Å². The second-order valence-corrected chi connectivity index (χ2v) is 7.41. The lowest BCUT2D eigenvalue weighted by molar-refractivity contribution is 0.326. The van der Waals surface area contributed by atoms with Gasteiger partial charge in [-0.1, -0.05) is 23.5 Å². The van der Waals surface area contributed by atoms with Gasteiger partial charge in [-0.05, 0) is 36.2 Å². The van der Waals surface area contributed by atoms with Crippen LogP contribution in [0.15, 0.2) is 42.6 Å². The van der Waals surface area contributed by atoms with E-state index < -0.39 is 10.1 Å². The van der Waals surface area contributed by atoms with Crippen LogP contribution in [0, 0.1) is 0 Å². The summed E-state index contributed by atoms with van der Waals surface area (Å²) in [5.41, 5.74) is 1.77. The highest BCUT2D eigenvalue weighted by Crippen LogP contribution is 2.29. The SMILES string of the molecule is CS(=O)(=O)OCCc1ccc(Oc2nc3cccnc3s2)cc1. The topological polar surface area (TPSA) is 78.4 Å². The Kier molecular flexibility index (Phi) is 4.56. The lowest BCUT2D eigenvalue weighted by atomic mass is 10.1. The average molecular weight is 350 g/mol. The molecule has 0 bridgehead atoms. The Labute approximate surface area is 137 Å². The highest BCUT2D eigenvalue weighted by Gasteiger charge is 2.07. The molecule has 0 aliphatic rings. The molecule has 0 fully saturated rings. The number of hydrogen-bond donors (Lipinski definition) is 0. The summed E-state index contributed by atoms with van der Waals surface area (Å²) in [5, 5.41) is 0.534. The van der Waals surface area contributed by atoms with Crippen LogP contribution in [0.3, 0.4) is 0 Å². The zero-order chi connectivity index (χ0) is 16.3. The number of benzene rings is 1. The van der Waals surface area contributed by atoms with E-state index in [9.17, 15) is 8.42 Å². The molecule has 0 N–H and O–H groups in total. The van der Waals surface area contributed by atoms with Crippen molar-refractivity contribution in [2.45, 2.75) is 6.42 Å². The smallest absolute Gasteiger partial charge is 0.281 e. The third kappa shape index (κ3) is 4.47. The fourth-order valence-corrected chi connectivity index (χ4v) is 3.09. The first-order valence-electron chi connectivity index (χ1n) is 6.82. The minimum atomic E-state index is -3.39. The summed E-state index contributed by atoms with van der Waals surface area (Å²) in [6.07, 6.45) is 3.27. The number of ether oxygens (including phenoxy) is 1. The van der Waals surface area contributed by atoms with Crippen molar-refractivity contribution >= 4 is 31.8 Å². The fourth-order valence-electron chi connectivity index (χ4n) is 1.93. The molecule has 0 spiro atoms. The Balaban J connectivity index is 1.63. The number of hydrogen-bond acceptors (Lipinski definition) is 7. The van der Waals surface area contributed by atoms with Gasteiger partial charge in [-0.15, -0.1) is 0 Å². The molecule has 2 aromatic heterocycles. The number of rotatable bonds is 6. The van der Waals surface area contributed by atoms with Gasteiger partial charge in [-0.25, -0.2) is 9.97 Å². The Hall–Kier alpha value is -2.03. The lowest BCUT2D eigenvalue weighted by Crippen LogP contribution is -2.06. The summed E-state index contributed by atoms with van der Waals surface area (Å²) in [6.45, 7) is 0.128. The molecule has 0 unspecified atom stereocenters. The van der Waals surface area contributed by atoms with Gasteiger partial charge in [0.05, 0.1) is 12.9 Å². The van der Waals surface area contributed by atoms with Crippen molar-refractivity contribution in [3.63, 3.8) is 0 Å². The molecule has 0 atom stereocenters. The molecule has 8 heteroatoms. The normalized spacial score (nSPS) is 11.7. The third-order valence-corrected chi connectivity index (χ3v) is 4.42. The Morgan fingerprint density at radius 1 is 1.17 bits per heavy atom. The van der Waals surface area contributed by atoms with Crippen molar-refractivity contribution in [2.24, 2.45) is 0 Å². The largest absolute Gasteiger partial charge is 0.431 e. The lowest BCUT2D eigenvalue weighted by Gasteiger charge is -2.04. The molecule has 0 aliphatic heterocycles. The van der Waals surface area contributed by atoms with E-state index in [2.05, 4.69) is 9.97 Å². The van der Waals surface area contributed by atoms with Gasteiger partial charge in [0.25, 0.3) is 15.3 Å². The van der Waals surface area contributed by atoms with Crippen LogP contribution in [0.2, 0.25) is 0 Å². The van der Waals surface area contributed by atoms with E-state index in [1.165, 1.54) is 11.3 Å².